The molecule has 1 amide bonds. The molecule has 0 saturated heterocycles. The summed E-state index contributed by atoms with van der Waals surface area (Å²) in [7, 11) is 0. The van der Waals surface area contributed by atoms with Gasteiger partial charge in [0.1, 0.15) is 0 Å². The van der Waals surface area contributed by atoms with Gasteiger partial charge in [0.25, 0.3) is 5.91 Å². The van der Waals surface area contributed by atoms with Crippen molar-refractivity contribution in [3.63, 3.8) is 0 Å². The highest BCUT2D eigenvalue weighted by Crippen LogP contribution is 2.26. The minimum Gasteiger partial charge on any atom is -0.398 e. The summed E-state index contributed by atoms with van der Waals surface area (Å²) in [5.41, 5.74) is 6.74. The number of rotatable bonds is 2. The average molecular weight is 282 g/mol. The molecule has 0 aliphatic heterocycles. The molecule has 1 aromatic carbocycles. The average Bonchev–Trinajstić information content (AvgIpc) is 2.34. The minimum absolute atomic E-state index is 0.286. The first kappa shape index (κ1) is 12.7. The SMILES string of the molecule is Nc1ccncc1C(=O)Nc1cc(Cl)ccc1Cl. The lowest BCUT2D eigenvalue weighted by atomic mass is 10.2. The Morgan fingerprint density at radius 2 is 2.06 bits per heavy atom. The van der Waals surface area contributed by atoms with E-state index in [-0.39, 0.29) is 11.5 Å². The fraction of sp³-hybridized carbons (Fsp3) is 0. The first-order valence-corrected chi connectivity index (χ1v) is 5.79. The van der Waals surface area contributed by atoms with Gasteiger partial charge in [0, 0.05) is 23.1 Å². The number of hydrogen-bond acceptors (Lipinski definition) is 3. The Balaban J connectivity index is 2.27. The monoisotopic (exact) mass is 281 g/mol. The van der Waals surface area contributed by atoms with Crippen molar-refractivity contribution in [3.8, 4) is 0 Å². The van der Waals surface area contributed by atoms with Crippen LogP contribution >= 0.6 is 23.2 Å². The molecular formula is C12H9Cl2N3O. The third kappa shape index (κ3) is 2.72. The molecule has 2 aromatic rings. The first-order valence-electron chi connectivity index (χ1n) is 5.04. The Bertz CT molecular complexity index is 602. The highest BCUT2D eigenvalue weighted by atomic mass is 35.5. The summed E-state index contributed by atoms with van der Waals surface area (Å²) in [5.74, 6) is -0.384. The molecule has 6 heteroatoms. The Labute approximate surface area is 114 Å². The van der Waals surface area contributed by atoms with E-state index in [2.05, 4.69) is 10.3 Å². The zero-order valence-electron chi connectivity index (χ0n) is 9.15. The fourth-order valence-corrected chi connectivity index (χ4v) is 1.71. The van der Waals surface area contributed by atoms with Gasteiger partial charge in [-0.3, -0.25) is 9.78 Å². The van der Waals surface area contributed by atoms with Crippen LogP contribution in [-0.4, -0.2) is 10.9 Å². The zero-order valence-corrected chi connectivity index (χ0v) is 10.7. The minimum atomic E-state index is -0.384. The van der Waals surface area contributed by atoms with Crippen LogP contribution in [0, 0.1) is 0 Å². The van der Waals surface area contributed by atoms with Gasteiger partial charge in [-0.25, -0.2) is 0 Å². The molecule has 0 aliphatic carbocycles. The molecule has 4 nitrogen and oxygen atoms in total. The predicted molar refractivity (Wildman–Crippen MR) is 73.1 cm³/mol. The number of nitrogens with one attached hydrogen (secondary N) is 1. The molecule has 2 rings (SSSR count). The molecule has 18 heavy (non-hydrogen) atoms. The highest BCUT2D eigenvalue weighted by molar-refractivity contribution is 6.36. The van der Waals surface area contributed by atoms with E-state index in [0.29, 0.717) is 21.4 Å². The summed E-state index contributed by atoms with van der Waals surface area (Å²) in [5, 5.41) is 3.51. The molecule has 3 N–H and O–H groups in total. The second-order valence-electron chi connectivity index (χ2n) is 3.54. The van der Waals surface area contributed by atoms with Crippen molar-refractivity contribution < 1.29 is 4.79 Å². The number of nitrogen functional groups attached to an aromatic ring is 1. The largest absolute Gasteiger partial charge is 0.398 e. The summed E-state index contributed by atoms with van der Waals surface area (Å²) >= 11 is 11.8. The van der Waals surface area contributed by atoms with Crippen molar-refractivity contribution in [1.82, 2.24) is 4.98 Å². The summed E-state index contributed by atoms with van der Waals surface area (Å²) in [4.78, 5) is 15.8. The lowest BCUT2D eigenvalue weighted by Gasteiger charge is -2.08. The van der Waals surface area contributed by atoms with E-state index < -0.39 is 0 Å². The topological polar surface area (TPSA) is 68.0 Å². The van der Waals surface area contributed by atoms with Crippen LogP contribution < -0.4 is 11.1 Å². The van der Waals surface area contributed by atoms with Crippen molar-refractivity contribution in [2.24, 2.45) is 0 Å². The van der Waals surface area contributed by atoms with Crippen LogP contribution in [0.5, 0.6) is 0 Å². The van der Waals surface area contributed by atoms with Crippen LogP contribution in [0.3, 0.4) is 0 Å². The van der Waals surface area contributed by atoms with Crippen LogP contribution in [0.25, 0.3) is 0 Å². The normalized spacial score (nSPS) is 10.1. The maximum atomic E-state index is 12.0. The van der Waals surface area contributed by atoms with Crippen molar-refractivity contribution in [3.05, 3.63) is 52.3 Å². The summed E-state index contributed by atoms with van der Waals surface area (Å²) in [6.45, 7) is 0. The van der Waals surface area contributed by atoms with Crippen LogP contribution in [0.4, 0.5) is 11.4 Å². The van der Waals surface area contributed by atoms with E-state index in [9.17, 15) is 4.79 Å². The lowest BCUT2D eigenvalue weighted by molar-refractivity contribution is 0.102. The lowest BCUT2D eigenvalue weighted by Crippen LogP contribution is -2.14. The van der Waals surface area contributed by atoms with Crippen LogP contribution in [-0.2, 0) is 0 Å². The van der Waals surface area contributed by atoms with Gasteiger partial charge in [-0.1, -0.05) is 23.2 Å². The van der Waals surface area contributed by atoms with E-state index >= 15 is 0 Å². The molecule has 0 atom stereocenters. The standard InChI is InChI=1S/C12H9Cl2N3O/c13-7-1-2-9(14)11(5-7)17-12(18)8-6-16-4-3-10(8)15/h1-6H,(H2,15,16)(H,17,18). The van der Waals surface area contributed by atoms with Crippen molar-refractivity contribution >= 4 is 40.5 Å². The molecule has 0 fully saturated rings. The van der Waals surface area contributed by atoms with Gasteiger partial charge >= 0.3 is 0 Å². The number of benzene rings is 1. The number of aromatic nitrogens is 1. The van der Waals surface area contributed by atoms with E-state index in [1.54, 1.807) is 24.3 Å². The van der Waals surface area contributed by atoms with Gasteiger partial charge in [-0.05, 0) is 24.3 Å². The Morgan fingerprint density at radius 1 is 1.28 bits per heavy atom. The van der Waals surface area contributed by atoms with Crippen molar-refractivity contribution in [2.75, 3.05) is 11.1 Å². The first-order chi connectivity index (χ1) is 8.58. The van der Waals surface area contributed by atoms with Gasteiger partial charge < -0.3 is 11.1 Å². The van der Waals surface area contributed by atoms with Gasteiger partial charge in [0.15, 0.2) is 0 Å². The number of carbonyl (C=O) groups excluding carboxylic acids is 1. The molecule has 0 spiro atoms. The molecular weight excluding hydrogens is 273 g/mol. The van der Waals surface area contributed by atoms with Crippen LogP contribution in [0.1, 0.15) is 10.4 Å². The van der Waals surface area contributed by atoms with E-state index in [0.717, 1.165) is 0 Å². The molecule has 0 unspecified atom stereocenters. The highest BCUT2D eigenvalue weighted by Gasteiger charge is 2.11. The second kappa shape index (κ2) is 5.25. The molecule has 0 saturated carbocycles. The number of nitrogens with two attached hydrogens (primary N) is 1. The number of nitrogens with zero attached hydrogens (tertiary/aromatic N) is 1. The van der Waals surface area contributed by atoms with Crippen molar-refractivity contribution in [2.45, 2.75) is 0 Å². The van der Waals surface area contributed by atoms with Gasteiger partial charge in [0.05, 0.1) is 16.3 Å². The Kier molecular flexibility index (Phi) is 3.69. The van der Waals surface area contributed by atoms with Gasteiger partial charge in [-0.15, -0.1) is 0 Å². The van der Waals surface area contributed by atoms with Crippen LogP contribution in [0.15, 0.2) is 36.7 Å². The third-order valence-corrected chi connectivity index (χ3v) is 2.84. The smallest absolute Gasteiger partial charge is 0.259 e. The number of halogens is 2. The molecule has 0 radical (unpaired) electrons. The van der Waals surface area contributed by atoms with Crippen molar-refractivity contribution in [1.29, 1.82) is 0 Å². The summed E-state index contributed by atoms with van der Waals surface area (Å²) in [6, 6.07) is 6.35. The van der Waals surface area contributed by atoms with Crippen LogP contribution in [0.2, 0.25) is 10.0 Å². The fourth-order valence-electron chi connectivity index (χ4n) is 1.38. The summed E-state index contributed by atoms with van der Waals surface area (Å²) < 4.78 is 0. The Morgan fingerprint density at radius 3 is 2.78 bits per heavy atom. The molecule has 92 valence electrons. The zero-order chi connectivity index (χ0) is 13.1. The molecule has 1 aromatic heterocycles. The van der Waals surface area contributed by atoms with Gasteiger partial charge in [0.2, 0.25) is 0 Å². The number of carbonyl (C=O) groups is 1. The maximum Gasteiger partial charge on any atom is 0.259 e. The summed E-state index contributed by atoms with van der Waals surface area (Å²) in [6.07, 6.45) is 2.90. The number of hydrogen-bond donors (Lipinski definition) is 2. The number of pyridine rings is 1. The van der Waals surface area contributed by atoms with E-state index in [1.165, 1.54) is 12.4 Å². The predicted octanol–water partition coefficient (Wildman–Crippen LogP) is 3.22. The maximum absolute atomic E-state index is 12.0. The second-order valence-corrected chi connectivity index (χ2v) is 4.38. The number of anilines is 2. The third-order valence-electron chi connectivity index (χ3n) is 2.28. The van der Waals surface area contributed by atoms with E-state index in [4.69, 9.17) is 28.9 Å². The van der Waals surface area contributed by atoms with E-state index in [1.807, 2.05) is 0 Å². The van der Waals surface area contributed by atoms with Gasteiger partial charge in [-0.2, -0.15) is 0 Å². The molecule has 1 heterocycles. The molecule has 0 bridgehead atoms. The quantitative estimate of drug-likeness (QED) is 0.888. The molecule has 0 aliphatic rings. The number of amides is 1. The Hall–Kier alpha value is -1.78.